The molecule has 1 saturated heterocycles. The fraction of sp³-hybridized carbons (Fsp3) is 0.571. The number of benzene rings is 1. The van der Waals surface area contributed by atoms with Crippen LogP contribution in [-0.2, 0) is 14.8 Å². The Morgan fingerprint density at radius 1 is 1.39 bits per heavy atom. The highest BCUT2D eigenvalue weighted by molar-refractivity contribution is 7.89. The zero-order chi connectivity index (χ0) is 16.9. The van der Waals surface area contributed by atoms with E-state index in [9.17, 15) is 13.5 Å². The van der Waals surface area contributed by atoms with E-state index >= 15 is 0 Å². The van der Waals surface area contributed by atoms with Crippen LogP contribution in [0.3, 0.4) is 0 Å². The molecule has 1 heterocycles. The number of hydrogen-bond acceptors (Lipinski definition) is 7. The van der Waals surface area contributed by atoms with Gasteiger partial charge in [0.2, 0.25) is 10.0 Å². The zero-order valence-electron chi connectivity index (χ0n) is 12.9. The van der Waals surface area contributed by atoms with Gasteiger partial charge in [0, 0.05) is 19.6 Å². The minimum atomic E-state index is -3.61. The number of nitrogens with one attached hydrogen (secondary N) is 1. The lowest BCUT2D eigenvalue weighted by Crippen LogP contribution is -2.40. The van der Waals surface area contributed by atoms with Crippen molar-refractivity contribution in [3.05, 3.63) is 18.2 Å². The molecule has 1 aliphatic heterocycles. The summed E-state index contributed by atoms with van der Waals surface area (Å²) < 4.78 is 37.0. The van der Waals surface area contributed by atoms with Crippen LogP contribution in [0.15, 0.2) is 23.1 Å². The van der Waals surface area contributed by atoms with Crippen LogP contribution in [0, 0.1) is 0 Å². The third-order valence-corrected chi connectivity index (χ3v) is 5.41. The van der Waals surface area contributed by atoms with Crippen LogP contribution in [0.4, 0.5) is 5.69 Å². The lowest BCUT2D eigenvalue weighted by Gasteiger charge is -2.26. The standard InChI is InChI=1S/C14H22N2O6S/c1-21-14-3-2-12(8-13(14)15-9-11(18)10-17)23(19,20)16-4-6-22-7-5-16/h2-3,8,11,15,17-18H,4-7,9-10H2,1H3. The van der Waals surface area contributed by atoms with E-state index < -0.39 is 16.1 Å². The molecule has 8 nitrogen and oxygen atoms in total. The topological polar surface area (TPSA) is 108 Å². The van der Waals surface area contributed by atoms with Gasteiger partial charge in [-0.05, 0) is 18.2 Å². The van der Waals surface area contributed by atoms with Gasteiger partial charge in [-0.25, -0.2) is 8.42 Å². The number of morpholine rings is 1. The molecule has 0 aliphatic carbocycles. The van der Waals surface area contributed by atoms with Crippen molar-refractivity contribution < 1.29 is 28.1 Å². The molecule has 0 amide bonds. The third kappa shape index (κ3) is 4.33. The smallest absolute Gasteiger partial charge is 0.243 e. The van der Waals surface area contributed by atoms with Crippen molar-refractivity contribution in [1.29, 1.82) is 0 Å². The number of anilines is 1. The number of hydrogen-bond donors (Lipinski definition) is 3. The van der Waals surface area contributed by atoms with Crippen molar-refractivity contribution in [2.24, 2.45) is 0 Å². The molecule has 1 aromatic rings. The SMILES string of the molecule is COc1ccc(S(=O)(=O)N2CCOCC2)cc1NCC(O)CO. The fourth-order valence-electron chi connectivity index (χ4n) is 2.21. The molecule has 9 heteroatoms. The van der Waals surface area contributed by atoms with E-state index in [-0.39, 0.29) is 18.0 Å². The molecule has 0 saturated carbocycles. The van der Waals surface area contributed by atoms with Gasteiger partial charge in [0.05, 0.1) is 43.6 Å². The number of nitrogens with zero attached hydrogens (tertiary/aromatic N) is 1. The van der Waals surface area contributed by atoms with Crippen molar-refractivity contribution in [2.45, 2.75) is 11.0 Å². The molecule has 3 N–H and O–H groups in total. The van der Waals surface area contributed by atoms with Crippen LogP contribution in [0.25, 0.3) is 0 Å². The number of ether oxygens (including phenoxy) is 2. The first-order chi connectivity index (χ1) is 11.0. The Bertz CT molecular complexity index is 616. The predicted octanol–water partition coefficient (Wildman–Crippen LogP) is -0.519. The van der Waals surface area contributed by atoms with Crippen LogP contribution in [-0.4, -0.2) is 75.6 Å². The van der Waals surface area contributed by atoms with E-state index in [0.717, 1.165) is 0 Å². The summed E-state index contributed by atoms with van der Waals surface area (Å²) in [5.74, 6) is 0.455. The normalized spacial score (nSPS) is 17.7. The molecule has 1 atom stereocenters. The summed E-state index contributed by atoms with van der Waals surface area (Å²) in [5.41, 5.74) is 0.439. The number of aliphatic hydroxyl groups excluding tert-OH is 2. The monoisotopic (exact) mass is 346 g/mol. The molecule has 0 aromatic heterocycles. The van der Waals surface area contributed by atoms with Gasteiger partial charge in [-0.2, -0.15) is 4.31 Å². The summed E-state index contributed by atoms with van der Waals surface area (Å²) in [5, 5.41) is 21.2. The molecule has 2 rings (SSSR count). The first kappa shape index (κ1) is 18.0. The molecule has 0 spiro atoms. The summed E-state index contributed by atoms with van der Waals surface area (Å²) in [6, 6.07) is 4.51. The minimum Gasteiger partial charge on any atom is -0.495 e. The van der Waals surface area contributed by atoms with Crippen molar-refractivity contribution in [2.75, 3.05) is 51.9 Å². The van der Waals surface area contributed by atoms with E-state index in [1.807, 2.05) is 0 Å². The lowest BCUT2D eigenvalue weighted by atomic mass is 10.2. The molecule has 0 bridgehead atoms. The van der Waals surface area contributed by atoms with Gasteiger partial charge in [-0.1, -0.05) is 0 Å². The highest BCUT2D eigenvalue weighted by atomic mass is 32.2. The molecule has 23 heavy (non-hydrogen) atoms. The van der Waals surface area contributed by atoms with Gasteiger partial charge in [0.25, 0.3) is 0 Å². The highest BCUT2D eigenvalue weighted by Crippen LogP contribution is 2.29. The Balaban J connectivity index is 2.25. The number of sulfonamides is 1. The fourth-order valence-corrected chi connectivity index (χ4v) is 3.65. The second kappa shape index (κ2) is 7.93. The molecule has 130 valence electrons. The first-order valence-electron chi connectivity index (χ1n) is 7.27. The molecule has 0 radical (unpaired) electrons. The molecular formula is C14H22N2O6S. The summed E-state index contributed by atoms with van der Waals surface area (Å²) in [4.78, 5) is 0.140. The van der Waals surface area contributed by atoms with Gasteiger partial charge in [-0.3, -0.25) is 0 Å². The summed E-state index contributed by atoms with van der Waals surface area (Å²) >= 11 is 0. The maximum Gasteiger partial charge on any atom is 0.243 e. The van der Waals surface area contributed by atoms with Crippen LogP contribution >= 0.6 is 0 Å². The Labute approximate surface area is 135 Å². The number of rotatable bonds is 7. The Morgan fingerprint density at radius 3 is 2.70 bits per heavy atom. The van der Waals surface area contributed by atoms with Crippen LogP contribution in [0.5, 0.6) is 5.75 Å². The Hall–Kier alpha value is -1.39. The van der Waals surface area contributed by atoms with Crippen molar-refractivity contribution in [3.8, 4) is 5.75 Å². The molecular weight excluding hydrogens is 324 g/mol. The average molecular weight is 346 g/mol. The van der Waals surface area contributed by atoms with E-state index in [4.69, 9.17) is 14.6 Å². The minimum absolute atomic E-state index is 0.0773. The van der Waals surface area contributed by atoms with Gasteiger partial charge >= 0.3 is 0 Å². The van der Waals surface area contributed by atoms with E-state index in [2.05, 4.69) is 5.32 Å². The van der Waals surface area contributed by atoms with E-state index in [1.165, 1.54) is 23.5 Å². The van der Waals surface area contributed by atoms with Gasteiger partial charge in [0.15, 0.2) is 0 Å². The highest BCUT2D eigenvalue weighted by Gasteiger charge is 2.27. The van der Waals surface area contributed by atoms with Crippen LogP contribution < -0.4 is 10.1 Å². The van der Waals surface area contributed by atoms with E-state index in [0.29, 0.717) is 37.7 Å². The third-order valence-electron chi connectivity index (χ3n) is 3.52. The maximum atomic E-state index is 12.6. The van der Waals surface area contributed by atoms with Crippen molar-refractivity contribution >= 4 is 15.7 Å². The average Bonchev–Trinajstić information content (AvgIpc) is 2.60. The van der Waals surface area contributed by atoms with Gasteiger partial charge < -0.3 is 25.0 Å². The van der Waals surface area contributed by atoms with Crippen molar-refractivity contribution in [3.63, 3.8) is 0 Å². The van der Waals surface area contributed by atoms with Gasteiger partial charge in [0.1, 0.15) is 5.75 Å². The lowest BCUT2D eigenvalue weighted by molar-refractivity contribution is 0.0730. The Kier molecular flexibility index (Phi) is 6.19. The van der Waals surface area contributed by atoms with Crippen LogP contribution in [0.2, 0.25) is 0 Å². The zero-order valence-corrected chi connectivity index (χ0v) is 13.8. The maximum absolute atomic E-state index is 12.6. The van der Waals surface area contributed by atoms with Gasteiger partial charge in [-0.15, -0.1) is 0 Å². The van der Waals surface area contributed by atoms with E-state index in [1.54, 1.807) is 6.07 Å². The molecule has 1 aliphatic rings. The summed E-state index contributed by atoms with van der Waals surface area (Å²) in [6.07, 6.45) is -0.945. The molecule has 1 aromatic carbocycles. The number of methoxy groups -OCH3 is 1. The second-order valence-electron chi connectivity index (χ2n) is 5.10. The van der Waals surface area contributed by atoms with Crippen LogP contribution in [0.1, 0.15) is 0 Å². The number of aliphatic hydroxyl groups is 2. The summed E-state index contributed by atoms with van der Waals surface area (Å²) in [7, 11) is -2.14. The molecule has 1 unspecified atom stereocenters. The van der Waals surface area contributed by atoms with Crippen molar-refractivity contribution in [1.82, 2.24) is 4.31 Å². The quantitative estimate of drug-likeness (QED) is 0.610. The largest absolute Gasteiger partial charge is 0.495 e. The second-order valence-corrected chi connectivity index (χ2v) is 7.03. The summed E-state index contributed by atoms with van der Waals surface area (Å²) in [6.45, 7) is 1.09. The predicted molar refractivity (Wildman–Crippen MR) is 84.2 cm³/mol. The molecule has 1 fully saturated rings. The first-order valence-corrected chi connectivity index (χ1v) is 8.71. The Morgan fingerprint density at radius 2 is 2.09 bits per heavy atom.